The fourth-order valence-electron chi connectivity index (χ4n) is 2.59. The first-order valence-corrected chi connectivity index (χ1v) is 7.03. The van der Waals surface area contributed by atoms with Crippen LogP contribution in [0.4, 0.5) is 0 Å². The Balaban J connectivity index is 1.91. The van der Waals surface area contributed by atoms with E-state index in [0.717, 1.165) is 25.7 Å². The average molecular weight is 316 g/mol. The van der Waals surface area contributed by atoms with Crippen LogP contribution < -0.4 is 5.32 Å². The Bertz CT molecular complexity index is 432. The maximum absolute atomic E-state index is 11.9. The molecule has 1 aliphatic rings. The van der Waals surface area contributed by atoms with Crippen LogP contribution in [0, 0.1) is 5.92 Å². The molecule has 2 rings (SSSR count). The van der Waals surface area contributed by atoms with Crippen molar-refractivity contribution in [3.63, 3.8) is 0 Å². The van der Waals surface area contributed by atoms with Crippen LogP contribution in [0.3, 0.4) is 0 Å². The number of nitrogens with one attached hydrogen (secondary N) is 1. The fraction of sp³-hybridized carbons (Fsp3) is 0.615. The van der Waals surface area contributed by atoms with Crippen molar-refractivity contribution in [2.24, 2.45) is 5.92 Å². The first-order valence-electron chi connectivity index (χ1n) is 6.24. The van der Waals surface area contributed by atoms with Gasteiger partial charge in [0.1, 0.15) is 0 Å². The molecule has 100 valence electrons. The summed E-state index contributed by atoms with van der Waals surface area (Å²) in [5.41, 5.74) is -0.300. The summed E-state index contributed by atoms with van der Waals surface area (Å²) < 4.78 is 5.43. The van der Waals surface area contributed by atoms with E-state index in [1.54, 1.807) is 6.07 Å². The molecule has 1 fully saturated rings. The van der Waals surface area contributed by atoms with Crippen LogP contribution in [-0.2, 0) is 0 Å². The largest absolute Gasteiger partial charge is 0.457 e. The van der Waals surface area contributed by atoms with E-state index in [-0.39, 0.29) is 5.91 Å². The molecule has 0 spiro atoms. The molecular weight excluding hydrogens is 298 g/mol. The van der Waals surface area contributed by atoms with Crippen molar-refractivity contribution in [3.05, 3.63) is 22.6 Å². The highest BCUT2D eigenvalue weighted by molar-refractivity contribution is 9.10. The lowest BCUT2D eigenvalue weighted by Gasteiger charge is -2.35. The van der Waals surface area contributed by atoms with E-state index in [4.69, 9.17) is 4.42 Å². The number of rotatable bonds is 3. The number of furan rings is 1. The Morgan fingerprint density at radius 1 is 1.72 bits per heavy atom. The normalized spacial score (nSPS) is 28.1. The highest BCUT2D eigenvalue weighted by atomic mass is 79.9. The molecule has 1 aromatic rings. The lowest BCUT2D eigenvalue weighted by atomic mass is 9.79. The summed E-state index contributed by atoms with van der Waals surface area (Å²) in [7, 11) is 0. The van der Waals surface area contributed by atoms with Crippen molar-refractivity contribution in [3.8, 4) is 0 Å². The molecule has 1 aromatic heterocycles. The van der Waals surface area contributed by atoms with Crippen LogP contribution in [0.25, 0.3) is 0 Å². The molecule has 1 saturated carbocycles. The van der Waals surface area contributed by atoms with Crippen molar-refractivity contribution in [1.82, 2.24) is 5.32 Å². The standard InChI is InChI=1S/C13H18BrNO3/c1-9-3-2-5-13(17,7-9)8-15-12(16)10-4-6-18-11(10)14/h4,6,9,17H,2-3,5,7-8H2,1H3,(H,15,16). The molecule has 2 N–H and O–H groups in total. The molecule has 1 heterocycles. The molecule has 18 heavy (non-hydrogen) atoms. The predicted octanol–water partition coefficient (Wildman–Crippen LogP) is 2.71. The Labute approximate surface area is 115 Å². The quantitative estimate of drug-likeness (QED) is 0.901. The second-order valence-corrected chi connectivity index (χ2v) is 5.94. The summed E-state index contributed by atoms with van der Waals surface area (Å²) in [4.78, 5) is 11.9. The van der Waals surface area contributed by atoms with Crippen LogP contribution in [0.15, 0.2) is 21.4 Å². The van der Waals surface area contributed by atoms with E-state index in [0.29, 0.717) is 22.7 Å². The SMILES string of the molecule is CC1CCCC(O)(CNC(=O)c2ccoc2Br)C1. The number of carbonyl (C=O) groups excluding carboxylic acids is 1. The number of hydrogen-bond donors (Lipinski definition) is 2. The van der Waals surface area contributed by atoms with Crippen LogP contribution in [0.1, 0.15) is 43.0 Å². The van der Waals surface area contributed by atoms with Crippen LogP contribution >= 0.6 is 15.9 Å². The van der Waals surface area contributed by atoms with Gasteiger partial charge in [0.15, 0.2) is 4.67 Å². The molecule has 1 amide bonds. The summed E-state index contributed by atoms with van der Waals surface area (Å²) in [6.45, 7) is 2.44. The van der Waals surface area contributed by atoms with Gasteiger partial charge in [-0.15, -0.1) is 0 Å². The minimum atomic E-state index is -0.760. The highest BCUT2D eigenvalue weighted by Crippen LogP contribution is 2.31. The summed E-state index contributed by atoms with van der Waals surface area (Å²) in [6, 6.07) is 1.60. The summed E-state index contributed by atoms with van der Waals surface area (Å²) in [5, 5.41) is 13.2. The maximum Gasteiger partial charge on any atom is 0.255 e. The highest BCUT2D eigenvalue weighted by Gasteiger charge is 2.33. The van der Waals surface area contributed by atoms with Crippen LogP contribution in [0.2, 0.25) is 0 Å². The van der Waals surface area contributed by atoms with Gasteiger partial charge in [-0.1, -0.05) is 19.8 Å². The summed E-state index contributed by atoms with van der Waals surface area (Å²) >= 11 is 3.17. The van der Waals surface area contributed by atoms with Crippen molar-refractivity contribution in [2.75, 3.05) is 6.54 Å². The molecule has 1 aliphatic carbocycles. The number of aliphatic hydroxyl groups is 1. The van der Waals surface area contributed by atoms with Gasteiger partial charge in [0.2, 0.25) is 0 Å². The van der Waals surface area contributed by atoms with Gasteiger partial charge in [-0.05, 0) is 40.8 Å². The van der Waals surface area contributed by atoms with Crippen molar-refractivity contribution >= 4 is 21.8 Å². The number of carbonyl (C=O) groups is 1. The Hall–Kier alpha value is -0.810. The van der Waals surface area contributed by atoms with Gasteiger partial charge in [0.25, 0.3) is 5.91 Å². The second-order valence-electron chi connectivity index (χ2n) is 5.22. The molecule has 2 atom stereocenters. The third-order valence-electron chi connectivity index (χ3n) is 3.51. The molecule has 0 radical (unpaired) electrons. The van der Waals surface area contributed by atoms with E-state index >= 15 is 0 Å². The van der Waals surface area contributed by atoms with E-state index in [9.17, 15) is 9.90 Å². The summed E-state index contributed by atoms with van der Waals surface area (Å²) in [5.74, 6) is 0.295. The zero-order chi connectivity index (χ0) is 13.2. The third-order valence-corrected chi connectivity index (χ3v) is 4.12. The minimum Gasteiger partial charge on any atom is -0.457 e. The maximum atomic E-state index is 11.9. The monoisotopic (exact) mass is 315 g/mol. The molecule has 0 aromatic carbocycles. The fourth-order valence-corrected chi connectivity index (χ4v) is 3.01. The topological polar surface area (TPSA) is 62.5 Å². The van der Waals surface area contributed by atoms with E-state index in [1.807, 2.05) is 0 Å². The first-order chi connectivity index (χ1) is 8.50. The molecule has 0 aliphatic heterocycles. The zero-order valence-corrected chi connectivity index (χ0v) is 12.0. The molecule has 4 nitrogen and oxygen atoms in total. The van der Waals surface area contributed by atoms with E-state index in [2.05, 4.69) is 28.2 Å². The predicted molar refractivity (Wildman–Crippen MR) is 71.3 cm³/mol. The van der Waals surface area contributed by atoms with Crippen LogP contribution in [-0.4, -0.2) is 23.2 Å². The van der Waals surface area contributed by atoms with Gasteiger partial charge in [0.05, 0.1) is 17.4 Å². The molecule has 2 unspecified atom stereocenters. The average Bonchev–Trinajstić information content (AvgIpc) is 2.72. The van der Waals surface area contributed by atoms with Gasteiger partial charge in [-0.25, -0.2) is 0 Å². The van der Waals surface area contributed by atoms with Crippen molar-refractivity contribution in [1.29, 1.82) is 0 Å². The van der Waals surface area contributed by atoms with E-state index in [1.165, 1.54) is 6.26 Å². The van der Waals surface area contributed by atoms with Gasteiger partial charge in [-0.2, -0.15) is 0 Å². The Kier molecular flexibility index (Phi) is 4.12. The molecule has 0 bridgehead atoms. The van der Waals surface area contributed by atoms with Crippen molar-refractivity contribution < 1.29 is 14.3 Å². The number of amides is 1. The second kappa shape index (κ2) is 5.45. The zero-order valence-electron chi connectivity index (χ0n) is 10.4. The first kappa shape index (κ1) is 13.6. The molecule has 5 heteroatoms. The summed E-state index contributed by atoms with van der Waals surface area (Å²) in [6.07, 6.45) is 5.13. The lowest BCUT2D eigenvalue weighted by molar-refractivity contribution is -0.0109. The van der Waals surface area contributed by atoms with Gasteiger partial charge in [0, 0.05) is 6.54 Å². The van der Waals surface area contributed by atoms with Crippen LogP contribution in [0.5, 0.6) is 0 Å². The van der Waals surface area contributed by atoms with Gasteiger partial charge in [-0.3, -0.25) is 4.79 Å². The smallest absolute Gasteiger partial charge is 0.255 e. The third kappa shape index (κ3) is 3.14. The van der Waals surface area contributed by atoms with Gasteiger partial charge >= 0.3 is 0 Å². The number of halogens is 1. The molecular formula is C13H18BrNO3. The Morgan fingerprint density at radius 2 is 2.50 bits per heavy atom. The minimum absolute atomic E-state index is 0.220. The van der Waals surface area contributed by atoms with Gasteiger partial charge < -0.3 is 14.8 Å². The lowest BCUT2D eigenvalue weighted by Crippen LogP contribution is -2.45. The molecule has 0 saturated heterocycles. The van der Waals surface area contributed by atoms with E-state index < -0.39 is 5.60 Å². The Morgan fingerprint density at radius 3 is 3.11 bits per heavy atom. The van der Waals surface area contributed by atoms with Crippen molar-refractivity contribution in [2.45, 2.75) is 38.2 Å². The number of hydrogen-bond acceptors (Lipinski definition) is 3.